The number of benzene rings is 1. The largest absolute Gasteiger partial charge is 0.477 e. The van der Waals surface area contributed by atoms with Crippen molar-refractivity contribution in [3.63, 3.8) is 0 Å². The summed E-state index contributed by atoms with van der Waals surface area (Å²) in [6, 6.07) is 8.56. The Kier molecular flexibility index (Phi) is 2.40. The molecule has 1 N–H and O–H groups in total. The first-order chi connectivity index (χ1) is 7.52. The summed E-state index contributed by atoms with van der Waals surface area (Å²) in [4.78, 5) is 10.4. The predicted molar refractivity (Wildman–Crippen MR) is 59.1 cm³/mol. The van der Waals surface area contributed by atoms with Gasteiger partial charge in [0.15, 0.2) is 4.91 Å². The van der Waals surface area contributed by atoms with E-state index in [4.69, 9.17) is 5.11 Å². The van der Waals surface area contributed by atoms with E-state index in [1.165, 1.54) is 6.08 Å². The van der Waals surface area contributed by atoms with Crippen LogP contribution >= 0.6 is 0 Å². The van der Waals surface area contributed by atoms with Gasteiger partial charge >= 0.3 is 5.97 Å². The molecule has 0 fully saturated rings. The van der Waals surface area contributed by atoms with Gasteiger partial charge in [-0.15, -0.1) is 0 Å². The lowest BCUT2D eigenvalue weighted by Gasteiger charge is -2.01. The second-order valence-corrected chi connectivity index (χ2v) is 5.03. The maximum absolute atomic E-state index is 11.5. The van der Waals surface area contributed by atoms with Crippen LogP contribution in [0, 0.1) is 0 Å². The highest BCUT2D eigenvalue weighted by Gasteiger charge is 2.30. The van der Waals surface area contributed by atoms with Gasteiger partial charge in [-0.05, 0) is 11.6 Å². The van der Waals surface area contributed by atoms with Gasteiger partial charge < -0.3 is 5.11 Å². The summed E-state index contributed by atoms with van der Waals surface area (Å²) in [7, 11) is -3.78. The first kappa shape index (κ1) is 10.6. The van der Waals surface area contributed by atoms with Crippen LogP contribution in [0.3, 0.4) is 0 Å². The number of allylic oxidation sites excluding steroid dienone is 2. The Bertz CT molecular complexity index is 594. The number of aliphatic carboxylic acids is 1. The molecule has 0 saturated heterocycles. The maximum atomic E-state index is 11.5. The van der Waals surface area contributed by atoms with Crippen molar-refractivity contribution in [3.05, 3.63) is 52.3 Å². The SMILES string of the molecule is O=C(O)C1=C(c2ccccc2)C=CS1(=O)=O. The predicted octanol–water partition coefficient (Wildman–Crippen LogP) is 1.42. The molecule has 0 spiro atoms. The van der Waals surface area contributed by atoms with Crippen LogP contribution in [0.1, 0.15) is 5.56 Å². The molecule has 1 aromatic rings. The Morgan fingerprint density at radius 2 is 1.75 bits per heavy atom. The van der Waals surface area contributed by atoms with Crippen LogP contribution in [0.4, 0.5) is 0 Å². The van der Waals surface area contributed by atoms with Crippen molar-refractivity contribution in [1.82, 2.24) is 0 Å². The quantitative estimate of drug-likeness (QED) is 0.843. The molecule has 2 rings (SSSR count). The van der Waals surface area contributed by atoms with E-state index in [-0.39, 0.29) is 5.57 Å². The molecule has 0 aromatic heterocycles. The second kappa shape index (κ2) is 3.61. The molecular formula is C11H8O4S. The standard InChI is InChI=1S/C11H8O4S/c12-11(13)10-9(6-7-16(10,14)15)8-4-2-1-3-5-8/h1-7H,(H,12,13). The van der Waals surface area contributed by atoms with Crippen molar-refractivity contribution in [2.75, 3.05) is 0 Å². The summed E-state index contributed by atoms with van der Waals surface area (Å²) in [5.41, 5.74) is 0.810. The van der Waals surface area contributed by atoms with Crippen LogP contribution in [-0.2, 0) is 14.6 Å². The van der Waals surface area contributed by atoms with Crippen LogP contribution in [0.2, 0.25) is 0 Å². The zero-order valence-corrected chi connectivity index (χ0v) is 8.94. The molecule has 0 amide bonds. The van der Waals surface area contributed by atoms with Crippen molar-refractivity contribution >= 4 is 21.4 Å². The monoisotopic (exact) mass is 236 g/mol. The third kappa shape index (κ3) is 1.65. The normalized spacial score (nSPS) is 17.8. The van der Waals surface area contributed by atoms with E-state index in [1.54, 1.807) is 30.3 Å². The summed E-state index contributed by atoms with van der Waals surface area (Å²) in [6.45, 7) is 0. The van der Waals surface area contributed by atoms with Gasteiger partial charge in [-0.1, -0.05) is 30.3 Å². The van der Waals surface area contributed by atoms with Gasteiger partial charge in [-0.3, -0.25) is 0 Å². The van der Waals surface area contributed by atoms with E-state index in [1.807, 2.05) is 0 Å². The number of carbonyl (C=O) groups is 1. The van der Waals surface area contributed by atoms with E-state index in [0.717, 1.165) is 5.41 Å². The minimum atomic E-state index is -3.78. The molecule has 0 unspecified atom stereocenters. The molecule has 1 heterocycles. The van der Waals surface area contributed by atoms with Gasteiger partial charge in [0.2, 0.25) is 9.84 Å². The molecule has 4 nitrogen and oxygen atoms in total. The summed E-state index contributed by atoms with van der Waals surface area (Å²) in [6.07, 6.45) is 1.31. The Hall–Kier alpha value is -1.88. The molecule has 5 heteroatoms. The fourth-order valence-electron chi connectivity index (χ4n) is 1.54. The van der Waals surface area contributed by atoms with Gasteiger partial charge in [0, 0.05) is 11.0 Å². The zero-order chi connectivity index (χ0) is 11.8. The van der Waals surface area contributed by atoms with E-state index < -0.39 is 20.7 Å². The second-order valence-electron chi connectivity index (χ2n) is 3.26. The maximum Gasteiger partial charge on any atom is 0.348 e. The third-order valence-electron chi connectivity index (χ3n) is 2.22. The highest BCUT2D eigenvalue weighted by molar-refractivity contribution is 7.99. The number of hydrogen-bond donors (Lipinski definition) is 1. The fraction of sp³-hybridized carbons (Fsp3) is 0. The molecule has 1 aliphatic heterocycles. The fourth-order valence-corrected chi connectivity index (χ4v) is 2.72. The average Bonchev–Trinajstić information content (AvgIpc) is 2.55. The number of rotatable bonds is 2. The number of hydrogen-bond acceptors (Lipinski definition) is 3. The smallest absolute Gasteiger partial charge is 0.348 e. The molecular weight excluding hydrogens is 228 g/mol. The lowest BCUT2D eigenvalue weighted by molar-refractivity contribution is -0.131. The van der Waals surface area contributed by atoms with Crippen molar-refractivity contribution in [2.45, 2.75) is 0 Å². The molecule has 0 radical (unpaired) electrons. The molecule has 0 aliphatic carbocycles. The van der Waals surface area contributed by atoms with Crippen molar-refractivity contribution in [2.24, 2.45) is 0 Å². The average molecular weight is 236 g/mol. The molecule has 1 aliphatic rings. The van der Waals surface area contributed by atoms with E-state index in [0.29, 0.717) is 5.56 Å². The number of carboxylic acid groups (broad SMARTS) is 1. The lowest BCUT2D eigenvalue weighted by atomic mass is 10.1. The minimum absolute atomic E-state index is 0.230. The Balaban J connectivity index is 2.68. The lowest BCUT2D eigenvalue weighted by Crippen LogP contribution is -2.09. The minimum Gasteiger partial charge on any atom is -0.477 e. The zero-order valence-electron chi connectivity index (χ0n) is 8.12. The van der Waals surface area contributed by atoms with E-state index >= 15 is 0 Å². The molecule has 16 heavy (non-hydrogen) atoms. The van der Waals surface area contributed by atoms with E-state index in [9.17, 15) is 13.2 Å². The van der Waals surface area contributed by atoms with E-state index in [2.05, 4.69) is 0 Å². The highest BCUT2D eigenvalue weighted by Crippen LogP contribution is 2.30. The number of carboxylic acids is 1. The topological polar surface area (TPSA) is 71.4 Å². The summed E-state index contributed by atoms with van der Waals surface area (Å²) < 4.78 is 22.9. The molecule has 0 bridgehead atoms. The van der Waals surface area contributed by atoms with Crippen LogP contribution in [0.25, 0.3) is 5.57 Å². The first-order valence-electron chi connectivity index (χ1n) is 4.48. The van der Waals surface area contributed by atoms with Crippen molar-refractivity contribution < 1.29 is 18.3 Å². The molecule has 0 saturated carbocycles. The van der Waals surface area contributed by atoms with Crippen LogP contribution in [-0.4, -0.2) is 19.5 Å². The van der Waals surface area contributed by atoms with Gasteiger partial charge in [0.05, 0.1) is 0 Å². The first-order valence-corrected chi connectivity index (χ1v) is 6.03. The third-order valence-corrected chi connectivity index (χ3v) is 3.68. The van der Waals surface area contributed by atoms with Gasteiger partial charge in [-0.2, -0.15) is 0 Å². The highest BCUT2D eigenvalue weighted by atomic mass is 32.2. The summed E-state index contributed by atoms with van der Waals surface area (Å²) in [5, 5.41) is 9.82. The molecule has 82 valence electrons. The summed E-state index contributed by atoms with van der Waals surface area (Å²) in [5.74, 6) is -1.43. The van der Waals surface area contributed by atoms with Gasteiger partial charge in [0.25, 0.3) is 0 Å². The molecule has 0 atom stereocenters. The van der Waals surface area contributed by atoms with Crippen LogP contribution in [0.5, 0.6) is 0 Å². The van der Waals surface area contributed by atoms with Gasteiger partial charge in [-0.25, -0.2) is 13.2 Å². The van der Waals surface area contributed by atoms with Crippen molar-refractivity contribution in [1.29, 1.82) is 0 Å². The van der Waals surface area contributed by atoms with Crippen LogP contribution < -0.4 is 0 Å². The van der Waals surface area contributed by atoms with Crippen LogP contribution in [0.15, 0.2) is 46.7 Å². The summed E-state index contributed by atoms with van der Waals surface area (Å²) >= 11 is 0. The Morgan fingerprint density at radius 3 is 2.31 bits per heavy atom. The number of sulfone groups is 1. The molecule has 1 aromatic carbocycles. The van der Waals surface area contributed by atoms with Crippen molar-refractivity contribution in [3.8, 4) is 0 Å². The Morgan fingerprint density at radius 1 is 1.12 bits per heavy atom. The Labute approximate surface area is 92.5 Å². The van der Waals surface area contributed by atoms with Gasteiger partial charge in [0.1, 0.15) is 0 Å².